The molecule has 0 spiro atoms. The van der Waals surface area contributed by atoms with E-state index in [1.165, 1.54) is 5.39 Å². The Labute approximate surface area is 251 Å². The molecular formula is C30H22Br2N2O5S. The van der Waals surface area contributed by atoms with Gasteiger partial charge in [-0.1, -0.05) is 36.4 Å². The van der Waals surface area contributed by atoms with Gasteiger partial charge in [0, 0.05) is 5.69 Å². The van der Waals surface area contributed by atoms with Crippen LogP contribution in [0.15, 0.2) is 92.7 Å². The number of nitrogens with one attached hydrogen (secondary N) is 1. The Morgan fingerprint density at radius 3 is 2.35 bits per heavy atom. The molecule has 1 N–H and O–H groups in total. The van der Waals surface area contributed by atoms with Crippen molar-refractivity contribution in [2.45, 2.75) is 6.61 Å². The third-order valence-electron chi connectivity index (χ3n) is 6.06. The van der Waals surface area contributed by atoms with Gasteiger partial charge < -0.3 is 14.8 Å². The molecule has 1 aliphatic heterocycles. The third kappa shape index (κ3) is 6.41. The van der Waals surface area contributed by atoms with Crippen molar-refractivity contribution < 1.29 is 23.9 Å². The molecule has 1 heterocycles. The molecule has 1 saturated heterocycles. The maximum Gasteiger partial charge on any atom is 0.294 e. The minimum atomic E-state index is -0.524. The summed E-state index contributed by atoms with van der Waals surface area (Å²) in [4.78, 5) is 39.1. The highest BCUT2D eigenvalue weighted by Crippen LogP contribution is 2.38. The molecule has 40 heavy (non-hydrogen) atoms. The average molecular weight is 682 g/mol. The molecule has 1 fully saturated rings. The summed E-state index contributed by atoms with van der Waals surface area (Å²) in [5.41, 5.74) is 2.25. The summed E-state index contributed by atoms with van der Waals surface area (Å²) in [5, 5.41) is 4.49. The van der Waals surface area contributed by atoms with Crippen LogP contribution >= 0.6 is 43.6 Å². The van der Waals surface area contributed by atoms with Gasteiger partial charge in [0.25, 0.3) is 11.1 Å². The van der Waals surface area contributed by atoms with Gasteiger partial charge in [-0.15, -0.1) is 0 Å². The monoisotopic (exact) mass is 680 g/mol. The van der Waals surface area contributed by atoms with Gasteiger partial charge in [-0.25, -0.2) is 0 Å². The number of methoxy groups -OCH3 is 1. The van der Waals surface area contributed by atoms with Gasteiger partial charge in [0.2, 0.25) is 5.91 Å². The smallest absolute Gasteiger partial charge is 0.294 e. The van der Waals surface area contributed by atoms with Gasteiger partial charge in [-0.05, 0) is 114 Å². The molecular weight excluding hydrogens is 660 g/mol. The van der Waals surface area contributed by atoms with E-state index < -0.39 is 17.1 Å². The zero-order valence-corrected chi connectivity index (χ0v) is 25.1. The second-order valence-corrected chi connectivity index (χ2v) is 11.5. The number of nitrogens with zero attached hydrogens (tertiary/aromatic N) is 1. The van der Waals surface area contributed by atoms with Crippen molar-refractivity contribution in [3.63, 3.8) is 0 Å². The number of rotatable bonds is 8. The molecule has 0 aliphatic carbocycles. The third-order valence-corrected chi connectivity index (χ3v) is 8.15. The molecule has 3 amide bonds. The van der Waals surface area contributed by atoms with Crippen LogP contribution in [0.4, 0.5) is 10.5 Å². The summed E-state index contributed by atoms with van der Waals surface area (Å²) >= 11 is 7.91. The van der Waals surface area contributed by atoms with E-state index in [0.29, 0.717) is 38.3 Å². The van der Waals surface area contributed by atoms with Crippen molar-refractivity contribution >= 4 is 83.2 Å². The average Bonchev–Trinajstić information content (AvgIpc) is 3.20. The quantitative estimate of drug-likeness (QED) is 0.193. The number of carbonyl (C=O) groups excluding carboxylic acids is 3. The van der Waals surface area contributed by atoms with Crippen LogP contribution in [0, 0.1) is 0 Å². The molecule has 10 heteroatoms. The minimum absolute atomic E-state index is 0.228. The number of carbonyl (C=O) groups is 3. The van der Waals surface area contributed by atoms with E-state index in [0.717, 1.165) is 27.6 Å². The van der Waals surface area contributed by atoms with Gasteiger partial charge in [0.15, 0.2) is 0 Å². The minimum Gasteiger partial charge on any atom is -0.497 e. The second-order valence-electron chi connectivity index (χ2n) is 8.83. The first kappa shape index (κ1) is 27.9. The number of hydrogen-bond acceptors (Lipinski definition) is 6. The highest BCUT2D eigenvalue weighted by molar-refractivity contribution is 9.11. The van der Waals surface area contributed by atoms with E-state index >= 15 is 0 Å². The van der Waals surface area contributed by atoms with Crippen LogP contribution in [0.2, 0.25) is 0 Å². The maximum atomic E-state index is 13.0. The molecule has 202 valence electrons. The van der Waals surface area contributed by atoms with E-state index in [2.05, 4.69) is 61.4 Å². The van der Waals surface area contributed by atoms with Gasteiger partial charge in [-0.2, -0.15) is 0 Å². The van der Waals surface area contributed by atoms with Crippen molar-refractivity contribution in [1.29, 1.82) is 0 Å². The molecule has 4 aromatic rings. The van der Waals surface area contributed by atoms with E-state index in [1.54, 1.807) is 37.5 Å². The van der Waals surface area contributed by atoms with E-state index in [9.17, 15) is 14.4 Å². The summed E-state index contributed by atoms with van der Waals surface area (Å²) in [6.07, 6.45) is 1.62. The number of ether oxygens (including phenoxy) is 2. The van der Waals surface area contributed by atoms with E-state index in [4.69, 9.17) is 9.47 Å². The van der Waals surface area contributed by atoms with Gasteiger partial charge in [0.05, 0.1) is 21.0 Å². The number of fused-ring (bicyclic) bond motifs is 1. The Bertz CT molecular complexity index is 1630. The number of amides is 3. The number of benzene rings is 4. The SMILES string of the molecule is COc1ccc(NC(=O)CN2C(=O)S/C(=C/c3cc(Br)c(OCc4ccc5ccccc5c4)c(Br)c3)C2=O)cc1. The zero-order chi connectivity index (χ0) is 28.2. The predicted octanol–water partition coefficient (Wildman–Crippen LogP) is 7.63. The lowest BCUT2D eigenvalue weighted by atomic mass is 10.1. The van der Waals surface area contributed by atoms with Crippen molar-refractivity contribution in [1.82, 2.24) is 4.90 Å². The van der Waals surface area contributed by atoms with Gasteiger partial charge in [0.1, 0.15) is 24.7 Å². The molecule has 0 saturated carbocycles. The first-order valence-corrected chi connectivity index (χ1v) is 14.5. The summed E-state index contributed by atoms with van der Waals surface area (Å²) < 4.78 is 12.6. The van der Waals surface area contributed by atoms with Crippen LogP contribution in [0.3, 0.4) is 0 Å². The number of imide groups is 1. The molecule has 5 rings (SSSR count). The van der Waals surface area contributed by atoms with Crippen molar-refractivity contribution in [2.24, 2.45) is 0 Å². The first-order valence-electron chi connectivity index (χ1n) is 12.1. The largest absolute Gasteiger partial charge is 0.497 e. The molecule has 0 radical (unpaired) electrons. The number of thioether (sulfide) groups is 1. The number of anilines is 1. The van der Waals surface area contributed by atoms with Crippen LogP contribution < -0.4 is 14.8 Å². The standard InChI is InChI=1S/C30H22Br2N2O5S/c1-38-23-10-8-22(9-11-23)33-27(35)16-34-29(36)26(40-30(34)37)15-19-13-24(31)28(25(32)14-19)39-17-18-6-7-20-4-2-3-5-21(20)12-18/h2-15H,16-17H2,1H3,(H,33,35)/b26-15+. The lowest BCUT2D eigenvalue weighted by Crippen LogP contribution is -2.36. The second kappa shape index (κ2) is 12.3. The van der Waals surface area contributed by atoms with Crippen molar-refractivity contribution in [3.8, 4) is 11.5 Å². The van der Waals surface area contributed by atoms with Crippen LogP contribution in [0.1, 0.15) is 11.1 Å². The summed E-state index contributed by atoms with van der Waals surface area (Å²) in [7, 11) is 1.55. The van der Waals surface area contributed by atoms with Crippen molar-refractivity contribution in [3.05, 3.63) is 104 Å². The van der Waals surface area contributed by atoms with Crippen LogP contribution in [-0.2, 0) is 16.2 Å². The van der Waals surface area contributed by atoms with E-state index in [-0.39, 0.29) is 11.4 Å². The van der Waals surface area contributed by atoms with Crippen molar-refractivity contribution in [2.75, 3.05) is 19.0 Å². The lowest BCUT2D eigenvalue weighted by Gasteiger charge is -2.13. The lowest BCUT2D eigenvalue weighted by molar-refractivity contribution is -0.127. The Hall–Kier alpha value is -3.60. The Kier molecular flexibility index (Phi) is 8.58. The highest BCUT2D eigenvalue weighted by Gasteiger charge is 2.36. The van der Waals surface area contributed by atoms with Gasteiger partial charge in [-0.3, -0.25) is 19.3 Å². The fourth-order valence-corrected chi connectivity index (χ4v) is 6.38. The number of halogens is 2. The molecule has 0 aromatic heterocycles. The topological polar surface area (TPSA) is 84.9 Å². The fraction of sp³-hybridized carbons (Fsp3) is 0.100. The molecule has 1 aliphatic rings. The highest BCUT2D eigenvalue weighted by atomic mass is 79.9. The Morgan fingerprint density at radius 2 is 1.65 bits per heavy atom. The molecule has 0 unspecified atom stereocenters. The summed E-state index contributed by atoms with van der Waals surface area (Å²) in [5.74, 6) is 0.265. The molecule has 7 nitrogen and oxygen atoms in total. The summed E-state index contributed by atoms with van der Waals surface area (Å²) in [6.45, 7) is -0.0121. The Morgan fingerprint density at radius 1 is 0.950 bits per heavy atom. The van der Waals surface area contributed by atoms with Crippen LogP contribution in [0.5, 0.6) is 11.5 Å². The van der Waals surface area contributed by atoms with E-state index in [1.807, 2.05) is 30.3 Å². The fourth-order valence-electron chi connectivity index (χ4n) is 4.09. The Balaban J connectivity index is 1.24. The van der Waals surface area contributed by atoms with Crippen LogP contribution in [-0.4, -0.2) is 35.6 Å². The number of hydrogen-bond donors (Lipinski definition) is 1. The first-order chi connectivity index (χ1) is 19.3. The van der Waals surface area contributed by atoms with Gasteiger partial charge >= 0.3 is 0 Å². The maximum absolute atomic E-state index is 13.0. The normalized spacial score (nSPS) is 14.2. The predicted molar refractivity (Wildman–Crippen MR) is 164 cm³/mol. The summed E-state index contributed by atoms with van der Waals surface area (Å²) in [6, 6.07) is 24.7. The van der Waals surface area contributed by atoms with Crippen LogP contribution in [0.25, 0.3) is 16.8 Å². The zero-order valence-electron chi connectivity index (χ0n) is 21.1. The molecule has 0 atom stereocenters. The molecule has 0 bridgehead atoms. The molecule has 4 aromatic carbocycles.